The maximum absolute atomic E-state index is 12.4. The Morgan fingerprint density at radius 3 is 2.44 bits per heavy atom. The van der Waals surface area contributed by atoms with E-state index in [1.54, 1.807) is 12.1 Å². The Hall–Kier alpha value is -2.46. The van der Waals surface area contributed by atoms with Gasteiger partial charge in [-0.2, -0.15) is 0 Å². The molecule has 0 spiro atoms. The normalized spacial score (nSPS) is 11.1. The maximum Gasteiger partial charge on any atom is 0.194 e. The summed E-state index contributed by atoms with van der Waals surface area (Å²) in [5.41, 5.74) is 0.992. The van der Waals surface area contributed by atoms with Crippen molar-refractivity contribution in [1.29, 1.82) is 0 Å². The van der Waals surface area contributed by atoms with Crippen LogP contribution in [0.5, 0.6) is 11.5 Å². The van der Waals surface area contributed by atoms with Crippen molar-refractivity contribution in [2.75, 3.05) is 13.7 Å². The van der Waals surface area contributed by atoms with Gasteiger partial charge in [-0.1, -0.05) is 25.4 Å². The standard InChI is InChI=1S/C20H19ClO4/c1-12(2)11-24-14-6-4-13(5-7-14)18-10-17(22)20-16(21)8-15(23-3)9-19(20)25-18/h4-10,12H,11H2,1-3H3. The molecule has 0 saturated heterocycles. The number of hydrogen-bond donors (Lipinski definition) is 0. The molecule has 0 saturated carbocycles. The van der Waals surface area contributed by atoms with Gasteiger partial charge in [-0.25, -0.2) is 0 Å². The van der Waals surface area contributed by atoms with Gasteiger partial charge in [0, 0.05) is 17.7 Å². The van der Waals surface area contributed by atoms with Crippen LogP contribution in [0.1, 0.15) is 13.8 Å². The van der Waals surface area contributed by atoms with Gasteiger partial charge < -0.3 is 13.9 Å². The Balaban J connectivity index is 2.00. The average Bonchev–Trinajstić information content (AvgIpc) is 2.59. The molecule has 0 amide bonds. The molecule has 0 bridgehead atoms. The first-order valence-electron chi connectivity index (χ1n) is 8.02. The van der Waals surface area contributed by atoms with Crippen LogP contribution in [0.3, 0.4) is 0 Å². The van der Waals surface area contributed by atoms with E-state index >= 15 is 0 Å². The summed E-state index contributed by atoms with van der Waals surface area (Å²) in [5.74, 6) is 2.25. The zero-order chi connectivity index (χ0) is 18.0. The lowest BCUT2D eigenvalue weighted by molar-refractivity contribution is 0.271. The summed E-state index contributed by atoms with van der Waals surface area (Å²) in [4.78, 5) is 12.4. The molecule has 0 fully saturated rings. The number of ether oxygens (including phenoxy) is 2. The topological polar surface area (TPSA) is 48.7 Å². The van der Waals surface area contributed by atoms with E-state index in [1.807, 2.05) is 24.3 Å². The summed E-state index contributed by atoms with van der Waals surface area (Å²) in [5, 5.41) is 0.662. The highest BCUT2D eigenvalue weighted by Crippen LogP contribution is 2.30. The lowest BCUT2D eigenvalue weighted by Gasteiger charge is -2.10. The monoisotopic (exact) mass is 358 g/mol. The molecule has 0 atom stereocenters. The Morgan fingerprint density at radius 2 is 1.80 bits per heavy atom. The number of halogens is 1. The zero-order valence-electron chi connectivity index (χ0n) is 14.3. The molecule has 2 aromatic carbocycles. The summed E-state index contributed by atoms with van der Waals surface area (Å²) >= 11 is 6.17. The van der Waals surface area contributed by atoms with Gasteiger partial charge in [0.25, 0.3) is 0 Å². The van der Waals surface area contributed by atoms with Crippen LogP contribution < -0.4 is 14.9 Å². The largest absolute Gasteiger partial charge is 0.497 e. The van der Waals surface area contributed by atoms with Gasteiger partial charge in [0.2, 0.25) is 0 Å². The van der Waals surface area contributed by atoms with E-state index < -0.39 is 0 Å². The average molecular weight is 359 g/mol. The van der Waals surface area contributed by atoms with E-state index in [9.17, 15) is 4.79 Å². The van der Waals surface area contributed by atoms with Crippen molar-refractivity contribution in [3.8, 4) is 22.8 Å². The first kappa shape index (κ1) is 17.4. The summed E-state index contributed by atoms with van der Waals surface area (Å²) in [6.45, 7) is 4.84. The highest BCUT2D eigenvalue weighted by Gasteiger charge is 2.12. The van der Waals surface area contributed by atoms with Gasteiger partial charge in [-0.3, -0.25) is 4.79 Å². The predicted octanol–water partition coefficient (Wildman–Crippen LogP) is 5.16. The van der Waals surface area contributed by atoms with Crippen molar-refractivity contribution in [3.63, 3.8) is 0 Å². The Bertz CT molecular complexity index is 942. The molecule has 5 heteroatoms. The highest BCUT2D eigenvalue weighted by molar-refractivity contribution is 6.35. The molecule has 130 valence electrons. The second-order valence-electron chi connectivity index (χ2n) is 6.19. The van der Waals surface area contributed by atoms with Crippen molar-refractivity contribution >= 4 is 22.6 Å². The van der Waals surface area contributed by atoms with Crippen LogP contribution in [0, 0.1) is 5.92 Å². The third kappa shape index (κ3) is 3.80. The molecule has 1 heterocycles. The van der Waals surface area contributed by atoms with Crippen LogP contribution in [0.4, 0.5) is 0 Å². The number of fused-ring (bicyclic) bond motifs is 1. The van der Waals surface area contributed by atoms with E-state index in [0.717, 1.165) is 11.3 Å². The number of methoxy groups -OCH3 is 1. The molecule has 4 nitrogen and oxygen atoms in total. The Morgan fingerprint density at radius 1 is 1.08 bits per heavy atom. The number of hydrogen-bond acceptors (Lipinski definition) is 4. The number of rotatable bonds is 5. The fraction of sp³-hybridized carbons (Fsp3) is 0.250. The van der Waals surface area contributed by atoms with Crippen molar-refractivity contribution in [2.45, 2.75) is 13.8 Å². The molecule has 0 N–H and O–H groups in total. The van der Waals surface area contributed by atoms with Crippen molar-refractivity contribution < 1.29 is 13.9 Å². The first-order chi connectivity index (χ1) is 12.0. The van der Waals surface area contributed by atoms with Crippen LogP contribution in [0.15, 0.2) is 51.7 Å². The summed E-state index contributed by atoms with van der Waals surface area (Å²) in [6.07, 6.45) is 0. The Labute approximate surface area is 150 Å². The molecule has 25 heavy (non-hydrogen) atoms. The maximum atomic E-state index is 12.4. The fourth-order valence-corrected chi connectivity index (χ4v) is 2.75. The van der Waals surface area contributed by atoms with Crippen molar-refractivity contribution in [2.24, 2.45) is 5.92 Å². The first-order valence-corrected chi connectivity index (χ1v) is 8.40. The smallest absolute Gasteiger partial charge is 0.194 e. The second kappa shape index (κ2) is 7.19. The molecular weight excluding hydrogens is 340 g/mol. The van der Waals surface area contributed by atoms with Crippen molar-refractivity contribution in [3.05, 3.63) is 57.7 Å². The van der Waals surface area contributed by atoms with E-state index in [4.69, 9.17) is 25.5 Å². The summed E-state index contributed by atoms with van der Waals surface area (Å²) < 4.78 is 16.7. The molecule has 0 aliphatic carbocycles. The minimum atomic E-state index is -0.191. The molecular formula is C20H19ClO4. The van der Waals surface area contributed by atoms with Gasteiger partial charge in [-0.15, -0.1) is 0 Å². The van der Waals surface area contributed by atoms with Crippen LogP contribution >= 0.6 is 11.6 Å². The molecule has 0 radical (unpaired) electrons. The van der Waals surface area contributed by atoms with Gasteiger partial charge in [0.1, 0.15) is 22.8 Å². The predicted molar refractivity (Wildman–Crippen MR) is 99.8 cm³/mol. The lowest BCUT2D eigenvalue weighted by atomic mass is 10.1. The lowest BCUT2D eigenvalue weighted by Crippen LogP contribution is -2.04. The van der Waals surface area contributed by atoms with E-state index in [1.165, 1.54) is 13.2 Å². The third-order valence-corrected chi connectivity index (χ3v) is 4.01. The second-order valence-corrected chi connectivity index (χ2v) is 6.59. The minimum absolute atomic E-state index is 0.191. The van der Waals surface area contributed by atoms with E-state index in [0.29, 0.717) is 40.0 Å². The quantitative estimate of drug-likeness (QED) is 0.632. The van der Waals surface area contributed by atoms with Crippen LogP contribution in [-0.4, -0.2) is 13.7 Å². The van der Waals surface area contributed by atoms with E-state index in [-0.39, 0.29) is 5.43 Å². The SMILES string of the molecule is COc1cc(Cl)c2c(=O)cc(-c3ccc(OCC(C)C)cc3)oc2c1. The zero-order valence-corrected chi connectivity index (χ0v) is 15.1. The van der Waals surface area contributed by atoms with Crippen molar-refractivity contribution in [1.82, 2.24) is 0 Å². The van der Waals surface area contributed by atoms with Gasteiger partial charge in [0.15, 0.2) is 5.43 Å². The summed E-state index contributed by atoms with van der Waals surface area (Å²) in [6, 6.07) is 12.2. The molecule has 3 rings (SSSR count). The fourth-order valence-electron chi connectivity index (χ4n) is 2.46. The van der Waals surface area contributed by atoms with Crippen LogP contribution in [0.2, 0.25) is 5.02 Å². The highest BCUT2D eigenvalue weighted by atomic mass is 35.5. The van der Waals surface area contributed by atoms with Gasteiger partial charge in [0.05, 0.1) is 24.1 Å². The van der Waals surface area contributed by atoms with Crippen LogP contribution in [0.25, 0.3) is 22.3 Å². The molecule has 0 unspecified atom stereocenters. The third-order valence-electron chi connectivity index (χ3n) is 3.71. The molecule has 3 aromatic rings. The molecule has 1 aromatic heterocycles. The van der Waals surface area contributed by atoms with Crippen LogP contribution in [-0.2, 0) is 0 Å². The summed E-state index contributed by atoms with van der Waals surface area (Å²) in [7, 11) is 1.54. The molecule has 0 aliphatic rings. The number of benzene rings is 2. The van der Waals surface area contributed by atoms with Gasteiger partial charge >= 0.3 is 0 Å². The van der Waals surface area contributed by atoms with E-state index in [2.05, 4.69) is 13.8 Å². The Kier molecular flexibility index (Phi) is 5.00. The molecule has 0 aliphatic heterocycles. The minimum Gasteiger partial charge on any atom is -0.497 e. The van der Waals surface area contributed by atoms with Gasteiger partial charge in [-0.05, 0) is 36.2 Å².